The zero-order valence-electron chi connectivity index (χ0n) is 11.8. The number of hydrogen-bond acceptors (Lipinski definition) is 5. The van der Waals surface area contributed by atoms with Crippen LogP contribution in [0.4, 0.5) is 5.82 Å². The number of nitrogens with one attached hydrogen (secondary N) is 1. The van der Waals surface area contributed by atoms with Gasteiger partial charge in [0, 0.05) is 20.1 Å². The molecule has 3 N–H and O–H groups in total. The van der Waals surface area contributed by atoms with Gasteiger partial charge in [-0.2, -0.15) is 5.10 Å². The number of fused-ring (bicyclic) bond motifs is 1. The summed E-state index contributed by atoms with van der Waals surface area (Å²) in [6.07, 6.45) is 4.69. The third kappa shape index (κ3) is 1.98. The average Bonchev–Trinajstić information content (AvgIpc) is 2.92. The van der Waals surface area contributed by atoms with Gasteiger partial charge in [0.05, 0.1) is 0 Å². The summed E-state index contributed by atoms with van der Waals surface area (Å²) in [5.41, 5.74) is 7.08. The van der Waals surface area contributed by atoms with Crippen molar-refractivity contribution in [1.29, 1.82) is 0 Å². The van der Waals surface area contributed by atoms with Gasteiger partial charge in [-0.05, 0) is 24.8 Å². The fourth-order valence-electron chi connectivity index (χ4n) is 2.63. The smallest absolute Gasteiger partial charge is 0.293 e. The van der Waals surface area contributed by atoms with E-state index in [-0.39, 0.29) is 11.0 Å². The number of nitrogens with two attached hydrogens (primary N) is 1. The van der Waals surface area contributed by atoms with Crippen LogP contribution < -0.4 is 16.2 Å². The van der Waals surface area contributed by atoms with Gasteiger partial charge in [-0.1, -0.05) is 6.92 Å². The molecule has 0 amide bonds. The van der Waals surface area contributed by atoms with Crippen molar-refractivity contribution in [3.8, 4) is 0 Å². The van der Waals surface area contributed by atoms with Crippen molar-refractivity contribution in [1.82, 2.24) is 19.7 Å². The van der Waals surface area contributed by atoms with Gasteiger partial charge in [-0.15, -0.1) is 0 Å². The predicted octanol–water partition coefficient (Wildman–Crippen LogP) is 0.0220. The van der Waals surface area contributed by atoms with Crippen molar-refractivity contribution in [3.05, 3.63) is 16.6 Å². The minimum atomic E-state index is -0.105. The third-order valence-electron chi connectivity index (χ3n) is 4.36. The first-order valence-corrected chi connectivity index (χ1v) is 6.82. The molecule has 0 bridgehead atoms. The summed E-state index contributed by atoms with van der Waals surface area (Å²) in [4.78, 5) is 18.8. The van der Waals surface area contributed by atoms with Gasteiger partial charge in [-0.3, -0.25) is 9.89 Å². The summed E-state index contributed by atoms with van der Waals surface area (Å²) in [6.45, 7) is 4.49. The normalized spacial score (nSPS) is 18.6. The monoisotopic (exact) mass is 275 g/mol. The number of aromatic amines is 1. The molecule has 0 aliphatic carbocycles. The van der Waals surface area contributed by atoms with Crippen LogP contribution in [0.25, 0.3) is 11.2 Å². The molecule has 3 rings (SSSR count). The summed E-state index contributed by atoms with van der Waals surface area (Å²) >= 11 is 0. The molecule has 0 aromatic carbocycles. The first-order valence-electron chi connectivity index (χ1n) is 6.82. The molecular weight excluding hydrogens is 256 g/mol. The van der Waals surface area contributed by atoms with Crippen molar-refractivity contribution in [3.63, 3.8) is 0 Å². The SMILES string of the molecule is Cn1c(=O)c(N2CCC(C)(CN)CC2)nc2[nH]n[c]c21. The molecule has 1 aliphatic heterocycles. The molecule has 1 saturated heterocycles. The van der Waals surface area contributed by atoms with Crippen LogP contribution in [0.5, 0.6) is 0 Å². The molecule has 2 aromatic rings. The lowest BCUT2D eigenvalue weighted by atomic mass is 9.80. The van der Waals surface area contributed by atoms with E-state index in [1.807, 2.05) is 4.90 Å². The number of piperidine rings is 1. The topological polar surface area (TPSA) is 92.8 Å². The Labute approximate surface area is 116 Å². The van der Waals surface area contributed by atoms with E-state index in [4.69, 9.17) is 5.73 Å². The quantitative estimate of drug-likeness (QED) is 0.806. The van der Waals surface area contributed by atoms with Crippen LogP contribution in [0.15, 0.2) is 4.79 Å². The lowest BCUT2D eigenvalue weighted by Gasteiger charge is -2.38. The minimum absolute atomic E-state index is 0.105. The molecule has 107 valence electrons. The van der Waals surface area contributed by atoms with Gasteiger partial charge < -0.3 is 15.2 Å². The molecule has 0 atom stereocenters. The lowest BCUT2D eigenvalue weighted by molar-refractivity contribution is 0.257. The third-order valence-corrected chi connectivity index (χ3v) is 4.36. The molecule has 1 fully saturated rings. The molecule has 2 aromatic heterocycles. The lowest BCUT2D eigenvalue weighted by Crippen LogP contribution is -2.44. The second-order valence-corrected chi connectivity index (χ2v) is 5.83. The van der Waals surface area contributed by atoms with Gasteiger partial charge in [0.1, 0.15) is 11.7 Å². The molecular formula is C13H19N6O. The van der Waals surface area contributed by atoms with Crippen molar-refractivity contribution in [2.75, 3.05) is 24.5 Å². The fraction of sp³-hybridized carbons (Fsp3) is 0.615. The van der Waals surface area contributed by atoms with Crippen molar-refractivity contribution >= 4 is 17.0 Å². The van der Waals surface area contributed by atoms with Crippen LogP contribution >= 0.6 is 0 Å². The van der Waals surface area contributed by atoms with E-state index in [1.165, 1.54) is 4.57 Å². The number of aryl methyl sites for hydroxylation is 1. The Morgan fingerprint density at radius 3 is 2.80 bits per heavy atom. The van der Waals surface area contributed by atoms with E-state index < -0.39 is 0 Å². The predicted molar refractivity (Wildman–Crippen MR) is 76.6 cm³/mol. The van der Waals surface area contributed by atoms with E-state index in [1.54, 1.807) is 7.05 Å². The highest BCUT2D eigenvalue weighted by molar-refractivity contribution is 5.70. The summed E-state index contributed by atoms with van der Waals surface area (Å²) in [6, 6.07) is 0. The van der Waals surface area contributed by atoms with E-state index in [0.29, 0.717) is 23.5 Å². The largest absolute Gasteiger partial charge is 0.352 e. The molecule has 1 aliphatic rings. The number of rotatable bonds is 2. The Hall–Kier alpha value is -1.89. The van der Waals surface area contributed by atoms with Gasteiger partial charge in [-0.25, -0.2) is 4.98 Å². The molecule has 0 spiro atoms. The van der Waals surface area contributed by atoms with Crippen LogP contribution in [0.3, 0.4) is 0 Å². The van der Waals surface area contributed by atoms with Crippen LogP contribution in [0, 0.1) is 11.6 Å². The zero-order chi connectivity index (χ0) is 14.3. The molecule has 7 heteroatoms. The van der Waals surface area contributed by atoms with Gasteiger partial charge in [0.15, 0.2) is 11.5 Å². The van der Waals surface area contributed by atoms with E-state index in [0.717, 1.165) is 25.9 Å². The minimum Gasteiger partial charge on any atom is -0.352 e. The number of hydrogen-bond donors (Lipinski definition) is 2. The molecule has 1 radical (unpaired) electrons. The number of nitrogens with zero attached hydrogens (tertiary/aromatic N) is 4. The summed E-state index contributed by atoms with van der Waals surface area (Å²) in [7, 11) is 1.72. The highest BCUT2D eigenvalue weighted by Crippen LogP contribution is 2.30. The summed E-state index contributed by atoms with van der Waals surface area (Å²) in [5, 5.41) is 6.59. The maximum Gasteiger partial charge on any atom is 0.293 e. The molecule has 0 unspecified atom stereocenters. The van der Waals surface area contributed by atoms with Crippen molar-refractivity contribution < 1.29 is 0 Å². The number of aromatic nitrogens is 4. The maximum atomic E-state index is 12.4. The average molecular weight is 275 g/mol. The number of H-pyrrole nitrogens is 1. The van der Waals surface area contributed by atoms with Gasteiger partial charge >= 0.3 is 0 Å². The molecule has 20 heavy (non-hydrogen) atoms. The number of anilines is 1. The molecule has 3 heterocycles. The Morgan fingerprint density at radius 1 is 1.45 bits per heavy atom. The van der Waals surface area contributed by atoms with Crippen LogP contribution in [0.1, 0.15) is 19.8 Å². The fourth-order valence-corrected chi connectivity index (χ4v) is 2.63. The maximum absolute atomic E-state index is 12.4. The van der Waals surface area contributed by atoms with Crippen molar-refractivity contribution in [2.45, 2.75) is 19.8 Å². The second-order valence-electron chi connectivity index (χ2n) is 5.83. The van der Waals surface area contributed by atoms with Crippen LogP contribution in [-0.2, 0) is 7.05 Å². The Kier molecular flexibility index (Phi) is 3.01. The van der Waals surface area contributed by atoms with E-state index in [9.17, 15) is 4.79 Å². The van der Waals surface area contributed by atoms with Crippen LogP contribution in [-0.4, -0.2) is 39.4 Å². The highest BCUT2D eigenvalue weighted by Gasteiger charge is 2.30. The summed E-state index contributed by atoms with van der Waals surface area (Å²) < 4.78 is 1.54. The Balaban J connectivity index is 1.95. The van der Waals surface area contributed by atoms with Gasteiger partial charge in [0.25, 0.3) is 5.56 Å². The second kappa shape index (κ2) is 4.59. The Morgan fingerprint density at radius 2 is 2.15 bits per heavy atom. The van der Waals surface area contributed by atoms with Crippen LogP contribution in [0.2, 0.25) is 0 Å². The van der Waals surface area contributed by atoms with E-state index in [2.05, 4.69) is 28.3 Å². The first kappa shape index (κ1) is 13.1. The Bertz CT molecular complexity index is 680. The first-order chi connectivity index (χ1) is 9.54. The summed E-state index contributed by atoms with van der Waals surface area (Å²) in [5.74, 6) is 0.483. The zero-order valence-corrected chi connectivity index (χ0v) is 11.8. The van der Waals surface area contributed by atoms with Gasteiger partial charge in [0.2, 0.25) is 0 Å². The molecule has 0 saturated carbocycles. The van der Waals surface area contributed by atoms with E-state index >= 15 is 0 Å². The van der Waals surface area contributed by atoms with Crippen molar-refractivity contribution in [2.24, 2.45) is 18.2 Å². The standard InChI is InChI=1S/C13H19N6O/c1-13(8-14)3-5-19(6-4-13)11-12(20)18(2)9-7-15-17-10(9)16-11/h3-6,8,14H2,1-2H3,(H,15,17). The highest BCUT2D eigenvalue weighted by atomic mass is 16.1. The molecule has 7 nitrogen and oxygen atoms in total.